The van der Waals surface area contributed by atoms with Gasteiger partial charge in [-0.05, 0) is 12.1 Å². The number of benzene rings is 1. The van der Waals surface area contributed by atoms with Crippen LogP contribution in [0.1, 0.15) is 16.8 Å². The number of fused-ring (bicyclic) bond motifs is 2. The third-order valence-electron chi connectivity index (χ3n) is 3.51. The maximum atomic E-state index is 11.3. The summed E-state index contributed by atoms with van der Waals surface area (Å²) in [7, 11) is 0. The van der Waals surface area contributed by atoms with Crippen molar-refractivity contribution in [2.75, 3.05) is 5.32 Å². The molecule has 1 aliphatic carbocycles. The lowest BCUT2D eigenvalue weighted by Gasteiger charge is -2.32. The van der Waals surface area contributed by atoms with Gasteiger partial charge in [0.1, 0.15) is 11.6 Å². The van der Waals surface area contributed by atoms with Crippen LogP contribution in [0.2, 0.25) is 0 Å². The molecule has 1 aromatic rings. The fourth-order valence-corrected chi connectivity index (χ4v) is 2.56. The van der Waals surface area contributed by atoms with Crippen LogP contribution in [0.15, 0.2) is 35.3 Å². The molecule has 0 saturated carbocycles. The van der Waals surface area contributed by atoms with Gasteiger partial charge < -0.3 is 15.5 Å². The average Bonchev–Trinajstić information content (AvgIpc) is 2.43. The Kier molecular flexibility index (Phi) is 2.78. The van der Waals surface area contributed by atoms with Crippen molar-refractivity contribution in [3.05, 3.63) is 35.9 Å². The number of allylic oxidation sites excluding steroid dienone is 1. The molecular formula is C14H12N2O4. The second-order valence-corrected chi connectivity index (χ2v) is 4.73. The fourth-order valence-electron chi connectivity index (χ4n) is 2.56. The zero-order valence-corrected chi connectivity index (χ0v) is 10.4. The molecule has 0 fully saturated rings. The highest BCUT2D eigenvalue weighted by Crippen LogP contribution is 2.37. The van der Waals surface area contributed by atoms with Crippen LogP contribution in [0.3, 0.4) is 0 Å². The Hall–Kier alpha value is -2.63. The summed E-state index contributed by atoms with van der Waals surface area (Å²) >= 11 is 0. The maximum Gasteiger partial charge on any atom is 0.337 e. The third kappa shape index (κ3) is 1.85. The lowest BCUT2D eigenvalue weighted by atomic mass is 9.86. The first kappa shape index (κ1) is 12.4. The van der Waals surface area contributed by atoms with E-state index in [1.807, 2.05) is 0 Å². The number of aliphatic carboxylic acids is 1. The quantitative estimate of drug-likeness (QED) is 0.714. The second kappa shape index (κ2) is 4.48. The van der Waals surface area contributed by atoms with Gasteiger partial charge in [-0.1, -0.05) is 18.2 Å². The number of carboxylic acids is 2. The van der Waals surface area contributed by atoms with Crippen molar-refractivity contribution in [2.45, 2.75) is 12.5 Å². The lowest BCUT2D eigenvalue weighted by Crippen LogP contribution is -2.43. The molecule has 1 heterocycles. The highest BCUT2D eigenvalue weighted by atomic mass is 16.4. The number of rotatable bonds is 2. The van der Waals surface area contributed by atoms with E-state index in [9.17, 15) is 19.8 Å². The normalized spacial score (nSPS) is 23.1. The van der Waals surface area contributed by atoms with Crippen LogP contribution in [-0.2, 0) is 4.79 Å². The number of aromatic carboxylic acids is 1. The monoisotopic (exact) mass is 272 g/mol. The molecule has 0 aromatic heterocycles. The largest absolute Gasteiger partial charge is 0.481 e. The first-order chi connectivity index (χ1) is 9.58. The van der Waals surface area contributed by atoms with Gasteiger partial charge in [-0.3, -0.25) is 9.79 Å². The molecule has 20 heavy (non-hydrogen) atoms. The van der Waals surface area contributed by atoms with Crippen LogP contribution in [0.5, 0.6) is 0 Å². The summed E-state index contributed by atoms with van der Waals surface area (Å²) in [5.41, 5.74) is 1.69. The predicted octanol–water partition coefficient (Wildman–Crippen LogP) is 1.91. The number of hydrogen-bond acceptors (Lipinski definition) is 4. The van der Waals surface area contributed by atoms with Crippen LogP contribution < -0.4 is 5.32 Å². The number of aliphatic imine (C=N–C) groups is 1. The number of carbonyl (C=O) groups is 2. The number of para-hydroxylation sites is 1. The highest BCUT2D eigenvalue weighted by Gasteiger charge is 2.35. The van der Waals surface area contributed by atoms with Gasteiger partial charge in [0.2, 0.25) is 0 Å². The molecule has 2 aliphatic rings. The van der Waals surface area contributed by atoms with E-state index in [1.165, 1.54) is 6.07 Å². The van der Waals surface area contributed by atoms with Gasteiger partial charge in [-0.25, -0.2) is 4.79 Å². The molecule has 2 unspecified atom stereocenters. The van der Waals surface area contributed by atoms with E-state index in [2.05, 4.69) is 10.3 Å². The number of anilines is 1. The molecule has 1 aliphatic heterocycles. The maximum absolute atomic E-state index is 11.3. The molecule has 0 radical (unpaired) electrons. The Morgan fingerprint density at radius 2 is 2.10 bits per heavy atom. The molecule has 3 N–H and O–H groups in total. The summed E-state index contributed by atoms with van der Waals surface area (Å²) in [6.45, 7) is 0. The SMILES string of the molecule is O=C(O)c1cccc2c1N=C1CC=CC(C(=O)O)C1N2. The third-order valence-corrected chi connectivity index (χ3v) is 3.51. The lowest BCUT2D eigenvalue weighted by molar-refractivity contribution is -0.140. The minimum atomic E-state index is -1.05. The molecule has 3 rings (SSSR count). The Bertz CT molecular complexity index is 663. The van der Waals surface area contributed by atoms with Crippen LogP contribution in [0.25, 0.3) is 0 Å². The van der Waals surface area contributed by atoms with Crippen molar-refractivity contribution in [1.82, 2.24) is 0 Å². The van der Waals surface area contributed by atoms with Crippen LogP contribution >= 0.6 is 0 Å². The van der Waals surface area contributed by atoms with E-state index < -0.39 is 23.9 Å². The molecular weight excluding hydrogens is 260 g/mol. The van der Waals surface area contributed by atoms with E-state index >= 15 is 0 Å². The van der Waals surface area contributed by atoms with E-state index in [1.54, 1.807) is 24.3 Å². The Balaban J connectivity index is 2.09. The van der Waals surface area contributed by atoms with Crippen molar-refractivity contribution < 1.29 is 19.8 Å². The van der Waals surface area contributed by atoms with Crippen molar-refractivity contribution >= 4 is 29.0 Å². The fraction of sp³-hybridized carbons (Fsp3) is 0.214. The van der Waals surface area contributed by atoms with Crippen LogP contribution in [0.4, 0.5) is 11.4 Å². The molecule has 0 amide bonds. The van der Waals surface area contributed by atoms with E-state index in [4.69, 9.17) is 0 Å². The van der Waals surface area contributed by atoms with E-state index in [0.717, 1.165) is 0 Å². The molecule has 0 saturated heterocycles. The minimum absolute atomic E-state index is 0.113. The van der Waals surface area contributed by atoms with E-state index in [-0.39, 0.29) is 5.56 Å². The van der Waals surface area contributed by atoms with Gasteiger partial charge in [-0.2, -0.15) is 0 Å². The zero-order chi connectivity index (χ0) is 14.3. The predicted molar refractivity (Wildman–Crippen MR) is 72.8 cm³/mol. The number of carboxylic acid groups (broad SMARTS) is 2. The molecule has 2 atom stereocenters. The molecule has 6 nitrogen and oxygen atoms in total. The molecule has 0 spiro atoms. The van der Waals surface area contributed by atoms with Gasteiger partial charge >= 0.3 is 11.9 Å². The zero-order valence-electron chi connectivity index (χ0n) is 10.4. The summed E-state index contributed by atoms with van der Waals surface area (Å²) in [5, 5.41) is 21.5. The molecule has 1 aromatic carbocycles. The van der Waals surface area contributed by atoms with Crippen molar-refractivity contribution in [3.63, 3.8) is 0 Å². The summed E-state index contributed by atoms with van der Waals surface area (Å²) in [6.07, 6.45) is 3.92. The first-order valence-electron chi connectivity index (χ1n) is 6.17. The van der Waals surface area contributed by atoms with E-state index in [0.29, 0.717) is 23.5 Å². The number of nitrogens with one attached hydrogen (secondary N) is 1. The average molecular weight is 272 g/mol. The summed E-state index contributed by atoms with van der Waals surface area (Å²) in [5.74, 6) is -2.67. The molecule has 6 heteroatoms. The smallest absolute Gasteiger partial charge is 0.337 e. The van der Waals surface area contributed by atoms with Gasteiger partial charge in [0.15, 0.2) is 0 Å². The number of hydrogen-bond donors (Lipinski definition) is 3. The minimum Gasteiger partial charge on any atom is -0.481 e. The van der Waals surface area contributed by atoms with Crippen LogP contribution in [-0.4, -0.2) is 33.9 Å². The van der Waals surface area contributed by atoms with Gasteiger partial charge in [0.05, 0.1) is 17.3 Å². The molecule has 102 valence electrons. The van der Waals surface area contributed by atoms with Crippen LogP contribution in [0, 0.1) is 5.92 Å². The Morgan fingerprint density at radius 1 is 1.30 bits per heavy atom. The summed E-state index contributed by atoms with van der Waals surface area (Å²) < 4.78 is 0. The van der Waals surface area contributed by atoms with Gasteiger partial charge in [0.25, 0.3) is 0 Å². The van der Waals surface area contributed by atoms with Crippen molar-refractivity contribution in [2.24, 2.45) is 10.9 Å². The van der Waals surface area contributed by atoms with Crippen molar-refractivity contribution in [3.8, 4) is 0 Å². The standard InChI is InChI=1S/C14H12N2O4/c17-13(18)7-3-1-5-9-11(7)16-10-6-2-4-8(14(19)20)12(10)15-9/h1-5,8,12,15H,6H2,(H,17,18)(H,19,20). The summed E-state index contributed by atoms with van der Waals surface area (Å²) in [6, 6.07) is 4.39. The number of nitrogens with zero attached hydrogens (tertiary/aromatic N) is 1. The van der Waals surface area contributed by atoms with Crippen molar-refractivity contribution in [1.29, 1.82) is 0 Å². The first-order valence-corrected chi connectivity index (χ1v) is 6.17. The summed E-state index contributed by atoms with van der Waals surface area (Å²) in [4.78, 5) is 26.8. The second-order valence-electron chi connectivity index (χ2n) is 4.73. The molecule has 0 bridgehead atoms. The Labute approximate surface area is 114 Å². The topological polar surface area (TPSA) is 99.0 Å². The Morgan fingerprint density at radius 3 is 2.80 bits per heavy atom. The highest BCUT2D eigenvalue weighted by molar-refractivity contribution is 6.07. The van der Waals surface area contributed by atoms with Gasteiger partial charge in [-0.15, -0.1) is 0 Å². The van der Waals surface area contributed by atoms with Gasteiger partial charge in [0, 0.05) is 12.1 Å².